The van der Waals surface area contributed by atoms with Crippen LogP contribution in [0.3, 0.4) is 0 Å². The zero-order valence-electron chi connectivity index (χ0n) is 11.9. The Hall–Kier alpha value is -3.15. The van der Waals surface area contributed by atoms with Gasteiger partial charge in [-0.15, -0.1) is 0 Å². The summed E-state index contributed by atoms with van der Waals surface area (Å²) < 4.78 is 7.12. The maximum absolute atomic E-state index is 5.41. The van der Waals surface area contributed by atoms with Gasteiger partial charge in [0.25, 0.3) is 0 Å². The van der Waals surface area contributed by atoms with Crippen LogP contribution in [-0.2, 0) is 0 Å². The zero-order chi connectivity index (χ0) is 14.9. The highest BCUT2D eigenvalue weighted by Gasteiger charge is 2.15. The van der Waals surface area contributed by atoms with Gasteiger partial charge in [-0.25, -0.2) is 4.98 Å². The number of hydrogen-bond donors (Lipinski definition) is 0. The molecule has 0 aliphatic carbocycles. The Kier molecular flexibility index (Phi) is 2.86. The topological polar surface area (TPSA) is 59.5 Å². The second-order valence-corrected chi connectivity index (χ2v) is 4.82. The maximum Gasteiger partial charge on any atom is 0.235 e. The molecule has 0 saturated heterocycles. The van der Waals surface area contributed by atoms with E-state index in [9.17, 15) is 0 Å². The van der Waals surface area contributed by atoms with Crippen molar-refractivity contribution < 1.29 is 4.42 Å². The lowest BCUT2D eigenvalue weighted by molar-refractivity contribution is 0.576. The lowest BCUT2D eigenvalue weighted by Gasteiger charge is -2.19. The quantitative estimate of drug-likeness (QED) is 0.580. The molecule has 0 radical (unpaired) electrons. The fraction of sp³-hybridized carbons (Fsp3) is 0.0625. The van der Waals surface area contributed by atoms with Crippen LogP contribution in [0.2, 0.25) is 0 Å². The second kappa shape index (κ2) is 5.00. The Morgan fingerprint density at radius 3 is 2.64 bits per heavy atom. The first-order valence-corrected chi connectivity index (χ1v) is 6.87. The molecule has 1 aromatic carbocycles. The smallest absolute Gasteiger partial charge is 0.235 e. The van der Waals surface area contributed by atoms with Crippen LogP contribution in [0.4, 0.5) is 11.6 Å². The molecule has 22 heavy (non-hydrogen) atoms. The lowest BCUT2D eigenvalue weighted by Crippen LogP contribution is -2.17. The first-order valence-electron chi connectivity index (χ1n) is 6.87. The number of para-hydroxylation sites is 1. The molecule has 4 aromatic rings. The Labute approximate surface area is 126 Å². The summed E-state index contributed by atoms with van der Waals surface area (Å²) in [6.07, 6.45) is 3.32. The van der Waals surface area contributed by atoms with E-state index < -0.39 is 0 Å². The number of fused-ring (bicyclic) bond motifs is 1. The van der Waals surface area contributed by atoms with E-state index in [1.807, 2.05) is 60.5 Å². The van der Waals surface area contributed by atoms with E-state index >= 15 is 0 Å². The van der Waals surface area contributed by atoms with E-state index in [0.717, 1.165) is 11.3 Å². The van der Waals surface area contributed by atoms with Gasteiger partial charge in [0.1, 0.15) is 0 Å². The number of anilines is 2. The maximum atomic E-state index is 5.41. The summed E-state index contributed by atoms with van der Waals surface area (Å²) in [5.41, 5.74) is 1.74. The van der Waals surface area contributed by atoms with Crippen LogP contribution in [0.5, 0.6) is 0 Å². The summed E-state index contributed by atoms with van der Waals surface area (Å²) >= 11 is 0. The van der Waals surface area contributed by atoms with Gasteiger partial charge in [0, 0.05) is 18.8 Å². The highest BCUT2D eigenvalue weighted by molar-refractivity contribution is 5.62. The van der Waals surface area contributed by atoms with Crippen molar-refractivity contribution in [2.45, 2.75) is 0 Å². The summed E-state index contributed by atoms with van der Waals surface area (Å²) in [4.78, 5) is 11.1. The third-order valence-electron chi connectivity index (χ3n) is 3.42. The van der Waals surface area contributed by atoms with Gasteiger partial charge in [0.2, 0.25) is 11.8 Å². The SMILES string of the molecule is CN(c1ccccc1)c1nc(-c2ccco2)nc2ccnn12. The molecular weight excluding hydrogens is 278 g/mol. The summed E-state index contributed by atoms with van der Waals surface area (Å²) in [5.74, 6) is 1.84. The number of furan rings is 1. The summed E-state index contributed by atoms with van der Waals surface area (Å²) in [5, 5.41) is 4.31. The van der Waals surface area contributed by atoms with Crippen molar-refractivity contribution in [2.75, 3.05) is 11.9 Å². The molecule has 0 unspecified atom stereocenters. The van der Waals surface area contributed by atoms with Gasteiger partial charge in [0.05, 0.1) is 12.5 Å². The van der Waals surface area contributed by atoms with Crippen molar-refractivity contribution in [3.05, 3.63) is 61.0 Å². The predicted octanol–water partition coefficient (Wildman–Crippen LogP) is 3.15. The Balaban J connectivity index is 1.91. The molecule has 0 aliphatic rings. The van der Waals surface area contributed by atoms with Crippen LogP contribution in [0.25, 0.3) is 17.2 Å². The first-order chi connectivity index (χ1) is 10.8. The fourth-order valence-electron chi connectivity index (χ4n) is 2.31. The van der Waals surface area contributed by atoms with E-state index in [1.165, 1.54) is 0 Å². The standard InChI is InChI=1S/C16H13N5O/c1-20(12-6-3-2-4-7-12)16-19-15(13-8-5-11-22-13)18-14-9-10-17-21(14)16/h2-11H,1H3. The Bertz CT molecular complexity index is 899. The number of benzene rings is 1. The fourth-order valence-corrected chi connectivity index (χ4v) is 2.31. The van der Waals surface area contributed by atoms with E-state index in [0.29, 0.717) is 17.5 Å². The molecule has 0 N–H and O–H groups in total. The number of hydrogen-bond acceptors (Lipinski definition) is 5. The van der Waals surface area contributed by atoms with Gasteiger partial charge in [0.15, 0.2) is 11.4 Å². The number of aromatic nitrogens is 4. The largest absolute Gasteiger partial charge is 0.461 e. The second-order valence-electron chi connectivity index (χ2n) is 4.82. The zero-order valence-corrected chi connectivity index (χ0v) is 11.9. The predicted molar refractivity (Wildman–Crippen MR) is 83.0 cm³/mol. The molecule has 0 atom stereocenters. The third kappa shape index (κ3) is 2.01. The minimum absolute atomic E-state index is 0.538. The average Bonchev–Trinajstić information content (AvgIpc) is 3.25. The van der Waals surface area contributed by atoms with E-state index in [2.05, 4.69) is 15.1 Å². The number of nitrogens with zero attached hydrogens (tertiary/aromatic N) is 5. The summed E-state index contributed by atoms with van der Waals surface area (Å²) in [7, 11) is 1.95. The van der Waals surface area contributed by atoms with E-state index in [1.54, 1.807) is 17.0 Å². The minimum atomic E-state index is 0.538. The van der Waals surface area contributed by atoms with Crippen molar-refractivity contribution in [1.82, 2.24) is 19.6 Å². The summed E-state index contributed by atoms with van der Waals surface area (Å²) in [6.45, 7) is 0. The van der Waals surface area contributed by atoms with E-state index in [-0.39, 0.29) is 0 Å². The molecule has 6 nitrogen and oxygen atoms in total. The molecule has 3 heterocycles. The van der Waals surface area contributed by atoms with Crippen molar-refractivity contribution in [3.8, 4) is 11.6 Å². The van der Waals surface area contributed by atoms with Gasteiger partial charge in [-0.3, -0.25) is 0 Å². The highest BCUT2D eigenvalue weighted by Crippen LogP contribution is 2.24. The first kappa shape index (κ1) is 12.6. The van der Waals surface area contributed by atoms with Crippen molar-refractivity contribution in [3.63, 3.8) is 0 Å². The molecule has 6 heteroatoms. The van der Waals surface area contributed by atoms with Crippen LogP contribution in [0.15, 0.2) is 65.4 Å². The van der Waals surface area contributed by atoms with Crippen molar-refractivity contribution in [1.29, 1.82) is 0 Å². The normalized spacial score (nSPS) is 11.0. The minimum Gasteiger partial charge on any atom is -0.461 e. The molecule has 0 fully saturated rings. The molecule has 0 bridgehead atoms. The van der Waals surface area contributed by atoms with Crippen LogP contribution < -0.4 is 4.90 Å². The monoisotopic (exact) mass is 291 g/mol. The van der Waals surface area contributed by atoms with Gasteiger partial charge in [-0.1, -0.05) is 18.2 Å². The van der Waals surface area contributed by atoms with E-state index in [4.69, 9.17) is 4.42 Å². The molecule has 3 aromatic heterocycles. The average molecular weight is 291 g/mol. The van der Waals surface area contributed by atoms with Gasteiger partial charge in [-0.2, -0.15) is 14.6 Å². The van der Waals surface area contributed by atoms with Gasteiger partial charge >= 0.3 is 0 Å². The van der Waals surface area contributed by atoms with Crippen LogP contribution in [0.1, 0.15) is 0 Å². The molecular formula is C16H13N5O. The van der Waals surface area contributed by atoms with Crippen LogP contribution >= 0.6 is 0 Å². The highest BCUT2D eigenvalue weighted by atomic mass is 16.3. The third-order valence-corrected chi connectivity index (χ3v) is 3.42. The number of rotatable bonds is 3. The molecule has 0 spiro atoms. The van der Waals surface area contributed by atoms with Crippen LogP contribution in [-0.4, -0.2) is 26.6 Å². The molecule has 0 saturated carbocycles. The Morgan fingerprint density at radius 1 is 1.00 bits per heavy atom. The lowest BCUT2D eigenvalue weighted by atomic mass is 10.3. The summed E-state index contributed by atoms with van der Waals surface area (Å²) in [6, 6.07) is 15.5. The molecule has 4 rings (SSSR count). The molecule has 0 aliphatic heterocycles. The molecule has 0 amide bonds. The van der Waals surface area contributed by atoms with Crippen molar-refractivity contribution in [2.24, 2.45) is 0 Å². The van der Waals surface area contributed by atoms with Crippen molar-refractivity contribution >= 4 is 17.3 Å². The molecule has 108 valence electrons. The van der Waals surface area contributed by atoms with Crippen LogP contribution in [0, 0.1) is 0 Å². The van der Waals surface area contributed by atoms with Gasteiger partial charge in [-0.05, 0) is 24.3 Å². The van der Waals surface area contributed by atoms with Gasteiger partial charge < -0.3 is 9.32 Å². The Morgan fingerprint density at radius 2 is 1.86 bits per heavy atom.